The lowest BCUT2D eigenvalue weighted by Gasteiger charge is -2.15. The predicted octanol–water partition coefficient (Wildman–Crippen LogP) is 2.30. The lowest BCUT2D eigenvalue weighted by molar-refractivity contribution is -0.139. The van der Waals surface area contributed by atoms with Crippen LogP contribution in [0.5, 0.6) is 5.75 Å². The molecule has 0 aromatic heterocycles. The van der Waals surface area contributed by atoms with Crippen molar-refractivity contribution in [2.24, 2.45) is 0 Å². The van der Waals surface area contributed by atoms with Gasteiger partial charge in [-0.25, -0.2) is 9.59 Å². The molecule has 4 N–H and O–H groups in total. The number of amides is 2. The Morgan fingerprint density at radius 1 is 1.08 bits per heavy atom. The molecule has 1 unspecified atom stereocenters. The number of ether oxygens (including phenoxy) is 1. The maximum Gasteiger partial charge on any atom is 0.326 e. The van der Waals surface area contributed by atoms with E-state index in [-0.39, 0.29) is 12.8 Å². The SMILES string of the molecule is COc1ccc(NC(=O)NC(CCCCCC(=O)O)C(=O)O)cc1. The first-order valence-corrected chi connectivity index (χ1v) is 7.58. The molecule has 1 atom stereocenters. The monoisotopic (exact) mass is 338 g/mol. The number of anilines is 1. The highest BCUT2D eigenvalue weighted by molar-refractivity contribution is 5.92. The summed E-state index contributed by atoms with van der Waals surface area (Å²) in [4.78, 5) is 33.5. The van der Waals surface area contributed by atoms with Gasteiger partial charge in [-0.15, -0.1) is 0 Å². The summed E-state index contributed by atoms with van der Waals surface area (Å²) >= 11 is 0. The zero-order valence-electron chi connectivity index (χ0n) is 13.4. The number of urea groups is 1. The van der Waals surface area contributed by atoms with Gasteiger partial charge in [0, 0.05) is 12.1 Å². The Hall–Kier alpha value is -2.77. The van der Waals surface area contributed by atoms with Gasteiger partial charge in [0.15, 0.2) is 0 Å². The highest BCUT2D eigenvalue weighted by Gasteiger charge is 2.19. The van der Waals surface area contributed by atoms with E-state index < -0.39 is 24.0 Å². The van der Waals surface area contributed by atoms with Crippen LogP contribution in [0.25, 0.3) is 0 Å². The minimum absolute atomic E-state index is 0.0587. The van der Waals surface area contributed by atoms with Crippen LogP contribution in [-0.4, -0.2) is 41.3 Å². The summed E-state index contributed by atoms with van der Waals surface area (Å²) in [7, 11) is 1.53. The fourth-order valence-corrected chi connectivity index (χ4v) is 2.06. The molecular formula is C16H22N2O6. The molecule has 1 rings (SSSR count). The van der Waals surface area contributed by atoms with E-state index in [9.17, 15) is 14.4 Å². The molecule has 24 heavy (non-hydrogen) atoms. The smallest absolute Gasteiger partial charge is 0.326 e. The first-order valence-electron chi connectivity index (χ1n) is 7.58. The van der Waals surface area contributed by atoms with Gasteiger partial charge in [0.05, 0.1) is 7.11 Å². The Kier molecular flexibility index (Phi) is 8.10. The Morgan fingerprint density at radius 3 is 2.29 bits per heavy atom. The quantitative estimate of drug-likeness (QED) is 0.485. The summed E-state index contributed by atoms with van der Waals surface area (Å²) in [6.45, 7) is 0. The normalized spacial score (nSPS) is 11.4. The van der Waals surface area contributed by atoms with Crippen LogP contribution in [0, 0.1) is 0 Å². The number of carboxylic acid groups (broad SMARTS) is 2. The largest absolute Gasteiger partial charge is 0.497 e. The van der Waals surface area contributed by atoms with Gasteiger partial charge in [-0.1, -0.05) is 12.8 Å². The van der Waals surface area contributed by atoms with Gasteiger partial charge < -0.3 is 25.6 Å². The summed E-state index contributed by atoms with van der Waals surface area (Å²) in [6.07, 6.45) is 1.90. The third-order valence-corrected chi connectivity index (χ3v) is 3.33. The van der Waals surface area contributed by atoms with Crippen molar-refractivity contribution in [3.63, 3.8) is 0 Å². The van der Waals surface area contributed by atoms with Gasteiger partial charge in [0.1, 0.15) is 11.8 Å². The number of carbonyl (C=O) groups is 3. The average Bonchev–Trinajstić information content (AvgIpc) is 2.53. The molecule has 0 fully saturated rings. The molecular weight excluding hydrogens is 316 g/mol. The van der Waals surface area contributed by atoms with Crippen molar-refractivity contribution in [1.29, 1.82) is 0 Å². The maximum absolute atomic E-state index is 11.9. The molecule has 1 aromatic rings. The summed E-state index contributed by atoms with van der Waals surface area (Å²) in [5.41, 5.74) is 0.513. The maximum atomic E-state index is 11.9. The van der Waals surface area contributed by atoms with E-state index in [0.29, 0.717) is 30.7 Å². The Labute approximate surface area is 139 Å². The Morgan fingerprint density at radius 2 is 1.75 bits per heavy atom. The Balaban J connectivity index is 2.41. The molecule has 132 valence electrons. The van der Waals surface area contributed by atoms with Crippen LogP contribution in [-0.2, 0) is 9.59 Å². The highest BCUT2D eigenvalue weighted by atomic mass is 16.5. The van der Waals surface area contributed by atoms with Gasteiger partial charge in [0.2, 0.25) is 0 Å². The van der Waals surface area contributed by atoms with E-state index in [1.165, 1.54) is 7.11 Å². The third-order valence-electron chi connectivity index (χ3n) is 3.33. The molecule has 0 radical (unpaired) electrons. The molecule has 0 spiro atoms. The molecule has 8 heteroatoms. The second kappa shape index (κ2) is 10.1. The number of methoxy groups -OCH3 is 1. The number of carbonyl (C=O) groups excluding carboxylic acids is 1. The fraction of sp³-hybridized carbons (Fsp3) is 0.438. The molecule has 0 aliphatic carbocycles. The average molecular weight is 338 g/mol. The molecule has 0 saturated carbocycles. The molecule has 0 aliphatic heterocycles. The molecule has 0 bridgehead atoms. The van der Waals surface area contributed by atoms with E-state index >= 15 is 0 Å². The zero-order valence-corrected chi connectivity index (χ0v) is 13.4. The second-order valence-corrected chi connectivity index (χ2v) is 5.21. The number of unbranched alkanes of at least 4 members (excludes halogenated alkanes) is 2. The van der Waals surface area contributed by atoms with Crippen LogP contribution < -0.4 is 15.4 Å². The van der Waals surface area contributed by atoms with Crippen molar-refractivity contribution in [3.8, 4) is 5.75 Å². The van der Waals surface area contributed by atoms with Crippen molar-refractivity contribution >= 4 is 23.7 Å². The second-order valence-electron chi connectivity index (χ2n) is 5.21. The van der Waals surface area contributed by atoms with Crippen LogP contribution in [0.15, 0.2) is 24.3 Å². The predicted molar refractivity (Wildman–Crippen MR) is 87.3 cm³/mol. The van der Waals surface area contributed by atoms with Gasteiger partial charge in [-0.2, -0.15) is 0 Å². The van der Waals surface area contributed by atoms with Crippen LogP contribution in [0.2, 0.25) is 0 Å². The van der Waals surface area contributed by atoms with Gasteiger partial charge in [-0.05, 0) is 37.1 Å². The lowest BCUT2D eigenvalue weighted by atomic mass is 10.1. The fourth-order valence-electron chi connectivity index (χ4n) is 2.06. The lowest BCUT2D eigenvalue weighted by Crippen LogP contribution is -2.42. The van der Waals surface area contributed by atoms with Crippen LogP contribution in [0.3, 0.4) is 0 Å². The van der Waals surface area contributed by atoms with Crippen molar-refractivity contribution in [3.05, 3.63) is 24.3 Å². The Bertz CT molecular complexity index is 558. The summed E-state index contributed by atoms with van der Waals surface area (Å²) in [5.74, 6) is -1.36. The highest BCUT2D eigenvalue weighted by Crippen LogP contribution is 2.15. The van der Waals surface area contributed by atoms with Gasteiger partial charge in [-0.3, -0.25) is 4.79 Å². The van der Waals surface area contributed by atoms with Crippen molar-refractivity contribution < 1.29 is 29.3 Å². The van der Waals surface area contributed by atoms with E-state index in [0.717, 1.165) is 0 Å². The molecule has 1 aromatic carbocycles. The van der Waals surface area contributed by atoms with Crippen molar-refractivity contribution in [2.75, 3.05) is 12.4 Å². The molecule has 0 aliphatic rings. The number of benzene rings is 1. The third kappa shape index (κ3) is 7.48. The molecule has 8 nitrogen and oxygen atoms in total. The number of carboxylic acids is 2. The van der Waals surface area contributed by atoms with E-state index in [4.69, 9.17) is 14.9 Å². The van der Waals surface area contributed by atoms with E-state index in [1.807, 2.05) is 0 Å². The number of nitrogens with one attached hydrogen (secondary N) is 2. The molecule has 0 saturated heterocycles. The standard InChI is InChI=1S/C16H22N2O6/c1-24-12-9-7-11(8-10-12)17-16(23)18-13(15(21)22)5-3-2-4-6-14(19)20/h7-10,13H,2-6H2,1H3,(H,19,20)(H,21,22)(H2,17,18,23). The van der Waals surface area contributed by atoms with Crippen molar-refractivity contribution in [2.45, 2.75) is 38.1 Å². The van der Waals surface area contributed by atoms with Gasteiger partial charge >= 0.3 is 18.0 Å². The van der Waals surface area contributed by atoms with Crippen molar-refractivity contribution in [1.82, 2.24) is 5.32 Å². The summed E-state index contributed by atoms with van der Waals surface area (Å²) in [6, 6.07) is 4.99. The number of hydrogen-bond donors (Lipinski definition) is 4. The number of aliphatic carboxylic acids is 2. The summed E-state index contributed by atoms with van der Waals surface area (Å²) in [5, 5.41) is 22.6. The van der Waals surface area contributed by atoms with Crippen LogP contribution in [0.4, 0.5) is 10.5 Å². The van der Waals surface area contributed by atoms with Gasteiger partial charge in [0.25, 0.3) is 0 Å². The topological polar surface area (TPSA) is 125 Å². The number of hydrogen-bond acceptors (Lipinski definition) is 4. The van der Waals surface area contributed by atoms with E-state index in [2.05, 4.69) is 10.6 Å². The first kappa shape index (κ1) is 19.3. The van der Waals surface area contributed by atoms with Crippen LogP contribution in [0.1, 0.15) is 32.1 Å². The summed E-state index contributed by atoms with van der Waals surface area (Å²) < 4.78 is 5.01. The van der Waals surface area contributed by atoms with E-state index in [1.54, 1.807) is 24.3 Å². The van der Waals surface area contributed by atoms with Crippen LogP contribution >= 0.6 is 0 Å². The first-order chi connectivity index (χ1) is 11.4. The zero-order chi connectivity index (χ0) is 17.9. The minimum Gasteiger partial charge on any atom is -0.497 e. The molecule has 0 heterocycles. The number of rotatable bonds is 10. The molecule has 2 amide bonds. The minimum atomic E-state index is -1.13.